The fourth-order valence-corrected chi connectivity index (χ4v) is 2.16. The Kier molecular flexibility index (Phi) is 4.53. The highest BCUT2D eigenvalue weighted by atomic mass is 32.2. The summed E-state index contributed by atoms with van der Waals surface area (Å²) in [5.41, 5.74) is 1.60. The highest BCUT2D eigenvalue weighted by molar-refractivity contribution is 7.98. The molecule has 5 nitrogen and oxygen atoms in total. The molecular weight excluding hydrogens is 303 g/mol. The second kappa shape index (κ2) is 6.19. The van der Waals surface area contributed by atoms with Crippen LogP contribution in [0.15, 0.2) is 35.2 Å². The summed E-state index contributed by atoms with van der Waals surface area (Å²) in [6.07, 6.45) is -2.71. The van der Waals surface area contributed by atoms with Crippen LogP contribution in [0.25, 0.3) is 0 Å². The molecule has 0 aliphatic carbocycles. The highest BCUT2D eigenvalue weighted by Gasteiger charge is 2.33. The number of halogens is 3. The molecule has 0 saturated heterocycles. The number of thioether (sulfide) groups is 1. The first kappa shape index (κ1) is 15.4. The molecule has 112 valence electrons. The van der Waals surface area contributed by atoms with Crippen LogP contribution in [0.3, 0.4) is 0 Å². The Balaban J connectivity index is 2.39. The molecule has 1 heterocycles. The number of alkyl halides is 3. The first-order valence-electron chi connectivity index (χ1n) is 5.77. The van der Waals surface area contributed by atoms with E-state index < -0.39 is 11.9 Å². The molecule has 0 radical (unpaired) electrons. The zero-order valence-corrected chi connectivity index (χ0v) is 11.7. The summed E-state index contributed by atoms with van der Waals surface area (Å²) in [4.78, 5) is 8.04. The van der Waals surface area contributed by atoms with Crippen LogP contribution in [-0.4, -0.2) is 16.2 Å². The van der Waals surface area contributed by atoms with E-state index in [2.05, 4.69) is 15.3 Å². The third-order valence-electron chi connectivity index (χ3n) is 2.52. The number of hydrogen-bond acceptors (Lipinski definition) is 6. The van der Waals surface area contributed by atoms with Crippen LogP contribution in [0, 0.1) is 0 Å². The fourth-order valence-electron chi connectivity index (χ4n) is 1.61. The quantitative estimate of drug-likeness (QED) is 0.457. The predicted molar refractivity (Wildman–Crippen MR) is 76.3 cm³/mol. The van der Waals surface area contributed by atoms with Crippen molar-refractivity contribution in [1.82, 2.24) is 9.97 Å². The van der Waals surface area contributed by atoms with Crippen molar-refractivity contribution in [3.05, 3.63) is 36.0 Å². The first-order valence-corrected chi connectivity index (χ1v) is 6.99. The minimum atomic E-state index is -4.58. The van der Waals surface area contributed by atoms with Gasteiger partial charge in [-0.2, -0.15) is 18.2 Å². The molecule has 0 aliphatic rings. The predicted octanol–water partition coefficient (Wildman–Crippen LogP) is 3.25. The molecule has 2 rings (SSSR count). The van der Waals surface area contributed by atoms with Crippen molar-refractivity contribution in [1.29, 1.82) is 0 Å². The molecule has 2 aromatic rings. The number of para-hydroxylation sites is 1. The Morgan fingerprint density at radius 3 is 2.52 bits per heavy atom. The number of nitrogen functional groups attached to an aromatic ring is 1. The smallest absolute Gasteiger partial charge is 0.339 e. The molecule has 0 bridgehead atoms. The molecule has 21 heavy (non-hydrogen) atoms. The van der Waals surface area contributed by atoms with E-state index in [4.69, 9.17) is 5.84 Å². The average molecular weight is 315 g/mol. The number of nitrogens with two attached hydrogens (primary N) is 1. The van der Waals surface area contributed by atoms with Crippen LogP contribution in [0.5, 0.6) is 0 Å². The summed E-state index contributed by atoms with van der Waals surface area (Å²) in [5, 5.41) is 2.84. The average Bonchev–Trinajstić information content (AvgIpc) is 2.46. The molecule has 0 fully saturated rings. The third kappa shape index (κ3) is 3.76. The van der Waals surface area contributed by atoms with Crippen LogP contribution in [0.2, 0.25) is 0 Å². The van der Waals surface area contributed by atoms with Crippen molar-refractivity contribution in [3.63, 3.8) is 0 Å². The first-order chi connectivity index (χ1) is 9.94. The van der Waals surface area contributed by atoms with Crippen LogP contribution in [0.4, 0.5) is 30.6 Å². The number of anilines is 3. The fraction of sp³-hybridized carbons (Fsp3) is 0.167. The van der Waals surface area contributed by atoms with Crippen molar-refractivity contribution in [2.45, 2.75) is 11.1 Å². The van der Waals surface area contributed by atoms with Crippen molar-refractivity contribution < 1.29 is 13.2 Å². The Morgan fingerprint density at radius 1 is 1.19 bits per heavy atom. The van der Waals surface area contributed by atoms with Crippen molar-refractivity contribution in [3.8, 4) is 0 Å². The van der Waals surface area contributed by atoms with E-state index in [1.54, 1.807) is 12.1 Å². The number of benzene rings is 1. The van der Waals surface area contributed by atoms with Crippen molar-refractivity contribution in [2.75, 3.05) is 17.0 Å². The van der Waals surface area contributed by atoms with E-state index in [9.17, 15) is 13.2 Å². The lowest BCUT2D eigenvalue weighted by Gasteiger charge is -2.13. The highest BCUT2D eigenvalue weighted by Crippen LogP contribution is 2.32. The van der Waals surface area contributed by atoms with E-state index in [1.807, 2.05) is 23.8 Å². The van der Waals surface area contributed by atoms with Gasteiger partial charge < -0.3 is 5.32 Å². The van der Waals surface area contributed by atoms with Crippen LogP contribution >= 0.6 is 11.8 Å². The number of hydrazine groups is 1. The van der Waals surface area contributed by atoms with Gasteiger partial charge in [0.15, 0.2) is 5.69 Å². The molecule has 0 amide bonds. The number of aromatic nitrogens is 2. The van der Waals surface area contributed by atoms with Crippen LogP contribution in [0.1, 0.15) is 5.69 Å². The van der Waals surface area contributed by atoms with Gasteiger partial charge in [-0.1, -0.05) is 12.1 Å². The third-order valence-corrected chi connectivity index (χ3v) is 3.31. The normalized spacial score (nSPS) is 11.3. The molecule has 4 N–H and O–H groups in total. The summed E-state index contributed by atoms with van der Waals surface area (Å²) < 4.78 is 38.3. The molecule has 1 aromatic heterocycles. The molecule has 1 aromatic carbocycles. The van der Waals surface area contributed by atoms with E-state index >= 15 is 0 Å². The van der Waals surface area contributed by atoms with Gasteiger partial charge in [0, 0.05) is 11.0 Å². The summed E-state index contributed by atoms with van der Waals surface area (Å²) in [6, 6.07) is 8.04. The standard InChI is InChI=1S/C12H12F3N5S/c1-21-8-5-3-2-4-7(8)17-10-6-9(12(13,14)15)18-11(19-10)20-16/h2-6H,16H2,1H3,(H2,17,18,19,20). The minimum absolute atomic E-state index is 0.00627. The van der Waals surface area contributed by atoms with E-state index in [0.717, 1.165) is 11.0 Å². The number of nitrogens with one attached hydrogen (secondary N) is 2. The minimum Gasteiger partial charge on any atom is -0.339 e. The Labute approximate surface area is 123 Å². The maximum atomic E-state index is 12.8. The maximum Gasteiger partial charge on any atom is 0.433 e. The number of rotatable bonds is 4. The summed E-state index contributed by atoms with van der Waals surface area (Å²) in [6.45, 7) is 0. The van der Waals surface area contributed by atoms with Crippen molar-refractivity contribution in [2.24, 2.45) is 5.84 Å². The topological polar surface area (TPSA) is 75.9 Å². The lowest BCUT2D eigenvalue weighted by Crippen LogP contribution is -2.16. The largest absolute Gasteiger partial charge is 0.433 e. The molecule has 0 atom stereocenters. The van der Waals surface area contributed by atoms with Crippen LogP contribution < -0.4 is 16.6 Å². The Bertz CT molecular complexity index is 633. The van der Waals surface area contributed by atoms with Gasteiger partial charge in [0.25, 0.3) is 0 Å². The lowest BCUT2D eigenvalue weighted by atomic mass is 10.3. The van der Waals surface area contributed by atoms with Gasteiger partial charge in [0.2, 0.25) is 5.95 Å². The molecular formula is C12H12F3N5S. The van der Waals surface area contributed by atoms with Crippen molar-refractivity contribution >= 4 is 29.2 Å². The zero-order valence-electron chi connectivity index (χ0n) is 10.9. The molecule has 0 spiro atoms. The Morgan fingerprint density at radius 2 is 1.90 bits per heavy atom. The van der Waals surface area contributed by atoms with Crippen LogP contribution in [-0.2, 0) is 6.18 Å². The molecule has 0 aliphatic heterocycles. The maximum absolute atomic E-state index is 12.8. The van der Waals surface area contributed by atoms with E-state index in [0.29, 0.717) is 5.69 Å². The van der Waals surface area contributed by atoms with Gasteiger partial charge >= 0.3 is 6.18 Å². The van der Waals surface area contributed by atoms with Gasteiger partial charge in [-0.05, 0) is 18.4 Å². The lowest BCUT2D eigenvalue weighted by molar-refractivity contribution is -0.141. The second-order valence-electron chi connectivity index (χ2n) is 3.93. The second-order valence-corrected chi connectivity index (χ2v) is 4.78. The number of nitrogens with zero attached hydrogens (tertiary/aromatic N) is 2. The number of hydrogen-bond donors (Lipinski definition) is 3. The summed E-state index contributed by atoms with van der Waals surface area (Å²) in [7, 11) is 0. The van der Waals surface area contributed by atoms with Gasteiger partial charge in [-0.15, -0.1) is 11.8 Å². The Hall–Kier alpha value is -2.00. The summed E-state index contributed by atoms with van der Waals surface area (Å²) >= 11 is 1.47. The monoisotopic (exact) mass is 315 g/mol. The molecule has 0 saturated carbocycles. The van der Waals surface area contributed by atoms with Gasteiger partial charge in [0.1, 0.15) is 5.82 Å². The van der Waals surface area contributed by atoms with Gasteiger partial charge in [-0.3, -0.25) is 5.43 Å². The molecule has 9 heteroatoms. The van der Waals surface area contributed by atoms with Gasteiger partial charge in [0.05, 0.1) is 5.69 Å². The zero-order chi connectivity index (χ0) is 15.5. The van der Waals surface area contributed by atoms with E-state index in [1.165, 1.54) is 11.8 Å². The van der Waals surface area contributed by atoms with E-state index in [-0.39, 0.29) is 11.8 Å². The molecule has 0 unspecified atom stereocenters. The summed E-state index contributed by atoms with van der Waals surface area (Å²) in [5.74, 6) is 4.80. The SMILES string of the molecule is CSc1ccccc1Nc1cc(C(F)(F)F)nc(NN)n1. The van der Waals surface area contributed by atoms with Gasteiger partial charge in [-0.25, -0.2) is 10.8 Å².